The van der Waals surface area contributed by atoms with E-state index in [2.05, 4.69) is 20.6 Å². The maximum Gasteiger partial charge on any atom is 0.257 e. The van der Waals surface area contributed by atoms with E-state index in [4.69, 9.17) is 0 Å². The number of aliphatic imine (C=N–C) groups is 1. The number of halogens is 3. The van der Waals surface area contributed by atoms with Crippen LogP contribution >= 0.6 is 0 Å². The standard InChI is InChI=1S/C20H15F3N4O/c21-14-6-4-13(5-7-14)19(28)27-20(25-12-17-3-1-2-8-24-17)26-18-10-15(22)9-16(23)11-18/h1-11H,12H2,(H2,25,26,27,28). The van der Waals surface area contributed by atoms with Gasteiger partial charge in [-0.3, -0.25) is 15.1 Å². The van der Waals surface area contributed by atoms with Gasteiger partial charge in [0.2, 0.25) is 5.96 Å². The van der Waals surface area contributed by atoms with Crippen LogP contribution < -0.4 is 10.6 Å². The first-order chi connectivity index (χ1) is 13.5. The Morgan fingerprint density at radius 2 is 1.64 bits per heavy atom. The third-order valence-electron chi connectivity index (χ3n) is 3.59. The molecule has 0 radical (unpaired) electrons. The van der Waals surface area contributed by atoms with Crippen LogP contribution in [0.3, 0.4) is 0 Å². The number of anilines is 1. The Hall–Kier alpha value is -3.68. The lowest BCUT2D eigenvalue weighted by molar-refractivity contribution is 0.0977. The van der Waals surface area contributed by atoms with Crippen molar-refractivity contribution < 1.29 is 18.0 Å². The number of pyridine rings is 1. The second kappa shape index (κ2) is 8.81. The highest BCUT2D eigenvalue weighted by Crippen LogP contribution is 2.13. The molecule has 0 aliphatic rings. The number of amides is 1. The molecule has 8 heteroatoms. The topological polar surface area (TPSA) is 66.4 Å². The van der Waals surface area contributed by atoms with Gasteiger partial charge in [-0.25, -0.2) is 18.2 Å². The number of guanidine groups is 1. The van der Waals surface area contributed by atoms with Crippen LogP contribution in [0.25, 0.3) is 0 Å². The number of rotatable bonds is 4. The van der Waals surface area contributed by atoms with Gasteiger partial charge in [0.25, 0.3) is 5.91 Å². The molecule has 0 saturated heterocycles. The zero-order chi connectivity index (χ0) is 19.9. The van der Waals surface area contributed by atoms with E-state index in [0.29, 0.717) is 5.69 Å². The Labute approximate surface area is 159 Å². The van der Waals surface area contributed by atoms with Crippen molar-refractivity contribution in [1.29, 1.82) is 0 Å². The summed E-state index contributed by atoms with van der Waals surface area (Å²) in [5, 5.41) is 5.19. The van der Waals surface area contributed by atoms with Gasteiger partial charge in [-0.15, -0.1) is 0 Å². The lowest BCUT2D eigenvalue weighted by atomic mass is 10.2. The van der Waals surface area contributed by atoms with Crippen LogP contribution in [0, 0.1) is 17.5 Å². The molecule has 28 heavy (non-hydrogen) atoms. The maximum absolute atomic E-state index is 13.4. The Kier molecular flexibility index (Phi) is 6.01. The molecule has 0 aliphatic heterocycles. The second-order valence-corrected chi connectivity index (χ2v) is 5.73. The minimum atomic E-state index is -0.781. The fourth-order valence-electron chi connectivity index (χ4n) is 2.31. The van der Waals surface area contributed by atoms with E-state index in [1.807, 2.05) is 0 Å². The second-order valence-electron chi connectivity index (χ2n) is 5.73. The van der Waals surface area contributed by atoms with Crippen LogP contribution in [0.4, 0.5) is 18.9 Å². The lowest BCUT2D eigenvalue weighted by Crippen LogP contribution is -2.36. The molecule has 0 bridgehead atoms. The maximum atomic E-state index is 13.4. The van der Waals surface area contributed by atoms with Crippen LogP contribution in [0.5, 0.6) is 0 Å². The molecule has 2 aromatic carbocycles. The molecule has 5 nitrogen and oxygen atoms in total. The average molecular weight is 384 g/mol. The highest BCUT2D eigenvalue weighted by Gasteiger charge is 2.11. The van der Waals surface area contributed by atoms with Crippen molar-refractivity contribution in [3.05, 3.63) is 95.6 Å². The van der Waals surface area contributed by atoms with E-state index in [1.54, 1.807) is 24.4 Å². The van der Waals surface area contributed by atoms with Crippen molar-refractivity contribution in [3.63, 3.8) is 0 Å². The molecule has 0 atom stereocenters. The predicted molar refractivity (Wildman–Crippen MR) is 99.2 cm³/mol. The lowest BCUT2D eigenvalue weighted by Gasteiger charge is -2.12. The number of carbonyl (C=O) groups excluding carboxylic acids is 1. The molecular formula is C20H15F3N4O. The SMILES string of the molecule is O=C(NC(=NCc1ccccn1)Nc1cc(F)cc(F)c1)c1ccc(F)cc1. The molecule has 0 spiro atoms. The molecule has 142 valence electrons. The molecule has 1 aromatic heterocycles. The average Bonchev–Trinajstić information content (AvgIpc) is 2.66. The number of nitrogens with zero attached hydrogens (tertiary/aromatic N) is 2. The number of nitrogens with one attached hydrogen (secondary N) is 2. The first-order valence-electron chi connectivity index (χ1n) is 8.24. The highest BCUT2D eigenvalue weighted by molar-refractivity contribution is 6.09. The smallest absolute Gasteiger partial charge is 0.257 e. The molecule has 1 amide bonds. The van der Waals surface area contributed by atoms with Gasteiger partial charge in [0.15, 0.2) is 0 Å². The molecule has 0 aliphatic carbocycles. The van der Waals surface area contributed by atoms with E-state index in [9.17, 15) is 18.0 Å². The van der Waals surface area contributed by atoms with Crippen LogP contribution in [0.1, 0.15) is 16.1 Å². The summed E-state index contributed by atoms with van der Waals surface area (Å²) in [6, 6.07) is 13.0. The Balaban J connectivity index is 1.82. The normalized spacial score (nSPS) is 11.2. The first-order valence-corrected chi connectivity index (χ1v) is 8.24. The van der Waals surface area contributed by atoms with Gasteiger partial charge in [-0.05, 0) is 48.5 Å². The summed E-state index contributed by atoms with van der Waals surface area (Å²) in [5.74, 6) is -2.64. The van der Waals surface area contributed by atoms with E-state index >= 15 is 0 Å². The molecule has 0 unspecified atom stereocenters. The van der Waals surface area contributed by atoms with Crippen LogP contribution in [-0.4, -0.2) is 16.9 Å². The van der Waals surface area contributed by atoms with Gasteiger partial charge in [0, 0.05) is 23.5 Å². The summed E-state index contributed by atoms with van der Waals surface area (Å²) >= 11 is 0. The minimum Gasteiger partial charge on any atom is -0.326 e. The molecular weight excluding hydrogens is 369 g/mol. The zero-order valence-electron chi connectivity index (χ0n) is 14.5. The van der Waals surface area contributed by atoms with E-state index in [0.717, 1.165) is 30.3 Å². The molecule has 1 heterocycles. The number of aromatic nitrogens is 1. The summed E-state index contributed by atoms with van der Waals surface area (Å²) in [5.41, 5.74) is 0.888. The predicted octanol–water partition coefficient (Wildman–Crippen LogP) is 3.90. The van der Waals surface area contributed by atoms with E-state index < -0.39 is 23.4 Å². The summed E-state index contributed by atoms with van der Waals surface area (Å²) < 4.78 is 39.9. The van der Waals surface area contributed by atoms with E-state index in [1.165, 1.54) is 12.1 Å². The molecule has 0 fully saturated rings. The summed E-state index contributed by atoms with van der Waals surface area (Å²) in [6.45, 7) is 0.116. The Morgan fingerprint density at radius 3 is 2.29 bits per heavy atom. The number of hydrogen-bond acceptors (Lipinski definition) is 3. The fourth-order valence-corrected chi connectivity index (χ4v) is 2.31. The Morgan fingerprint density at radius 1 is 0.929 bits per heavy atom. The third-order valence-corrected chi connectivity index (χ3v) is 3.59. The van der Waals surface area contributed by atoms with Crippen molar-refractivity contribution in [2.75, 3.05) is 5.32 Å². The highest BCUT2D eigenvalue weighted by atomic mass is 19.1. The van der Waals surface area contributed by atoms with Crippen LogP contribution in [0.2, 0.25) is 0 Å². The van der Waals surface area contributed by atoms with Crippen molar-refractivity contribution in [2.24, 2.45) is 4.99 Å². The molecule has 0 saturated carbocycles. The van der Waals surface area contributed by atoms with Gasteiger partial charge in [-0.1, -0.05) is 6.07 Å². The van der Waals surface area contributed by atoms with Crippen LogP contribution in [0.15, 0.2) is 71.9 Å². The summed E-state index contributed by atoms with van der Waals surface area (Å²) in [4.78, 5) is 20.7. The van der Waals surface area contributed by atoms with Crippen molar-refractivity contribution >= 4 is 17.6 Å². The molecule has 3 rings (SSSR count). The first kappa shape index (κ1) is 19.1. The van der Waals surface area contributed by atoms with Gasteiger partial charge >= 0.3 is 0 Å². The fraction of sp³-hybridized carbons (Fsp3) is 0.0500. The van der Waals surface area contributed by atoms with Crippen molar-refractivity contribution in [1.82, 2.24) is 10.3 Å². The minimum absolute atomic E-state index is 0.0371. The van der Waals surface area contributed by atoms with E-state index in [-0.39, 0.29) is 23.8 Å². The quantitative estimate of drug-likeness (QED) is 0.530. The van der Waals surface area contributed by atoms with Crippen molar-refractivity contribution in [3.8, 4) is 0 Å². The largest absolute Gasteiger partial charge is 0.326 e. The van der Waals surface area contributed by atoms with Gasteiger partial charge < -0.3 is 5.32 Å². The Bertz CT molecular complexity index is 972. The third kappa shape index (κ3) is 5.41. The number of hydrogen-bond donors (Lipinski definition) is 2. The summed E-state index contributed by atoms with van der Waals surface area (Å²) in [6.07, 6.45) is 1.59. The van der Waals surface area contributed by atoms with Crippen LogP contribution in [-0.2, 0) is 6.54 Å². The summed E-state index contributed by atoms with van der Waals surface area (Å²) in [7, 11) is 0. The zero-order valence-corrected chi connectivity index (χ0v) is 14.5. The van der Waals surface area contributed by atoms with Crippen molar-refractivity contribution in [2.45, 2.75) is 6.54 Å². The molecule has 3 aromatic rings. The van der Waals surface area contributed by atoms with Gasteiger partial charge in [-0.2, -0.15) is 0 Å². The van der Waals surface area contributed by atoms with Gasteiger partial charge in [0.05, 0.1) is 12.2 Å². The van der Waals surface area contributed by atoms with Gasteiger partial charge in [0.1, 0.15) is 17.5 Å². The monoisotopic (exact) mass is 384 g/mol. The number of carbonyl (C=O) groups is 1. The number of benzene rings is 2. The molecule has 2 N–H and O–H groups in total.